The second-order valence-electron chi connectivity index (χ2n) is 4.86. The molecule has 0 heterocycles. The zero-order chi connectivity index (χ0) is 13.7. The maximum atomic E-state index is 5.99. The van der Waals surface area contributed by atoms with Gasteiger partial charge in [-0.2, -0.15) is 0 Å². The van der Waals surface area contributed by atoms with E-state index < -0.39 is 0 Å². The van der Waals surface area contributed by atoms with Crippen LogP contribution >= 0.6 is 0 Å². The van der Waals surface area contributed by atoms with E-state index in [2.05, 4.69) is 38.1 Å². The first kappa shape index (κ1) is 13.6. The Morgan fingerprint density at radius 3 is 2.47 bits per heavy atom. The van der Waals surface area contributed by atoms with Crippen molar-refractivity contribution in [2.24, 2.45) is 5.73 Å². The minimum absolute atomic E-state index is 0.117. The van der Waals surface area contributed by atoms with E-state index in [4.69, 9.17) is 10.5 Å². The van der Waals surface area contributed by atoms with Crippen molar-refractivity contribution in [1.29, 1.82) is 0 Å². The highest BCUT2D eigenvalue weighted by Crippen LogP contribution is 2.19. The van der Waals surface area contributed by atoms with Crippen molar-refractivity contribution in [3.05, 3.63) is 65.2 Å². The van der Waals surface area contributed by atoms with Crippen LogP contribution in [0.3, 0.4) is 0 Å². The first-order valence-corrected chi connectivity index (χ1v) is 6.73. The van der Waals surface area contributed by atoms with Gasteiger partial charge in [-0.15, -0.1) is 0 Å². The topological polar surface area (TPSA) is 35.2 Å². The second-order valence-corrected chi connectivity index (χ2v) is 4.86. The summed E-state index contributed by atoms with van der Waals surface area (Å²) in [6.45, 7) is 4.78. The van der Waals surface area contributed by atoms with E-state index in [1.165, 1.54) is 11.1 Å². The number of nitrogens with two attached hydrogens (primary N) is 1. The third-order valence-electron chi connectivity index (χ3n) is 3.24. The minimum Gasteiger partial charge on any atom is -0.489 e. The zero-order valence-corrected chi connectivity index (χ0v) is 11.6. The molecule has 0 aliphatic carbocycles. The van der Waals surface area contributed by atoms with Crippen molar-refractivity contribution in [2.45, 2.75) is 32.9 Å². The highest BCUT2D eigenvalue weighted by Gasteiger charge is 2.03. The Balaban J connectivity index is 1.96. The summed E-state index contributed by atoms with van der Waals surface area (Å²) >= 11 is 0. The van der Waals surface area contributed by atoms with Gasteiger partial charge in [0, 0.05) is 6.04 Å². The molecule has 19 heavy (non-hydrogen) atoms. The quantitative estimate of drug-likeness (QED) is 0.877. The molecule has 1 atom stereocenters. The number of hydrogen-bond donors (Lipinski definition) is 1. The van der Waals surface area contributed by atoms with Crippen LogP contribution in [-0.4, -0.2) is 0 Å². The highest BCUT2D eigenvalue weighted by atomic mass is 16.5. The molecule has 0 bridgehead atoms. The van der Waals surface area contributed by atoms with Crippen LogP contribution in [-0.2, 0) is 6.61 Å². The monoisotopic (exact) mass is 255 g/mol. The van der Waals surface area contributed by atoms with Gasteiger partial charge in [-0.3, -0.25) is 0 Å². The van der Waals surface area contributed by atoms with Crippen molar-refractivity contribution < 1.29 is 4.74 Å². The lowest BCUT2D eigenvalue weighted by Crippen LogP contribution is -2.08. The van der Waals surface area contributed by atoms with E-state index in [1.807, 2.05) is 24.3 Å². The summed E-state index contributed by atoms with van der Waals surface area (Å²) in [4.78, 5) is 0. The third-order valence-corrected chi connectivity index (χ3v) is 3.24. The second kappa shape index (κ2) is 6.39. The van der Waals surface area contributed by atoms with Gasteiger partial charge in [0.1, 0.15) is 12.4 Å². The molecule has 0 unspecified atom stereocenters. The van der Waals surface area contributed by atoms with Crippen LogP contribution in [0.2, 0.25) is 0 Å². The first-order chi connectivity index (χ1) is 9.19. The molecule has 2 rings (SSSR count). The van der Waals surface area contributed by atoms with Crippen LogP contribution in [0.4, 0.5) is 0 Å². The van der Waals surface area contributed by atoms with Crippen LogP contribution in [0.5, 0.6) is 5.75 Å². The van der Waals surface area contributed by atoms with E-state index in [0.717, 1.165) is 17.7 Å². The summed E-state index contributed by atoms with van der Waals surface area (Å²) in [5.41, 5.74) is 9.59. The Kier molecular flexibility index (Phi) is 4.58. The van der Waals surface area contributed by atoms with Gasteiger partial charge < -0.3 is 10.5 Å². The lowest BCUT2D eigenvalue weighted by Gasteiger charge is -2.11. The molecule has 2 N–H and O–H groups in total. The fourth-order valence-corrected chi connectivity index (χ4v) is 2.02. The van der Waals surface area contributed by atoms with Crippen molar-refractivity contribution >= 4 is 0 Å². The average Bonchev–Trinajstić information content (AvgIpc) is 2.45. The number of rotatable bonds is 5. The van der Waals surface area contributed by atoms with Crippen LogP contribution in [0.1, 0.15) is 36.1 Å². The van der Waals surface area contributed by atoms with Crippen LogP contribution in [0, 0.1) is 6.92 Å². The van der Waals surface area contributed by atoms with Gasteiger partial charge in [0.25, 0.3) is 0 Å². The SMILES string of the molecule is CC[C@H](N)c1ccc(OCc2cccc(C)c2)cc1. The molecule has 2 nitrogen and oxygen atoms in total. The number of benzene rings is 2. The van der Waals surface area contributed by atoms with Crippen LogP contribution in [0.25, 0.3) is 0 Å². The summed E-state index contributed by atoms with van der Waals surface area (Å²) < 4.78 is 5.77. The van der Waals surface area contributed by atoms with Gasteiger partial charge in [-0.25, -0.2) is 0 Å². The zero-order valence-electron chi connectivity index (χ0n) is 11.6. The van der Waals surface area contributed by atoms with Crippen molar-refractivity contribution in [1.82, 2.24) is 0 Å². The Morgan fingerprint density at radius 1 is 1.11 bits per heavy atom. The van der Waals surface area contributed by atoms with Gasteiger partial charge in [0.05, 0.1) is 0 Å². The molecule has 0 saturated carbocycles. The Bertz CT molecular complexity index is 519. The Morgan fingerprint density at radius 2 is 1.84 bits per heavy atom. The lowest BCUT2D eigenvalue weighted by atomic mass is 10.1. The Hall–Kier alpha value is -1.80. The van der Waals surface area contributed by atoms with Gasteiger partial charge in [0.15, 0.2) is 0 Å². The predicted octanol–water partition coefficient (Wildman–Crippen LogP) is 3.98. The highest BCUT2D eigenvalue weighted by molar-refractivity contribution is 5.29. The largest absolute Gasteiger partial charge is 0.489 e. The summed E-state index contributed by atoms with van der Waals surface area (Å²) in [5.74, 6) is 0.883. The molecule has 0 aliphatic heterocycles. The van der Waals surface area contributed by atoms with E-state index in [9.17, 15) is 0 Å². The van der Waals surface area contributed by atoms with Gasteiger partial charge in [-0.1, -0.05) is 48.9 Å². The third kappa shape index (κ3) is 3.83. The predicted molar refractivity (Wildman–Crippen MR) is 79.2 cm³/mol. The molecule has 0 fully saturated rings. The molecule has 100 valence electrons. The van der Waals surface area contributed by atoms with E-state index >= 15 is 0 Å². The number of aryl methyl sites for hydroxylation is 1. The fraction of sp³-hybridized carbons (Fsp3) is 0.294. The summed E-state index contributed by atoms with van der Waals surface area (Å²) in [7, 11) is 0. The van der Waals surface area contributed by atoms with E-state index in [-0.39, 0.29) is 6.04 Å². The normalized spacial score (nSPS) is 12.2. The van der Waals surface area contributed by atoms with Gasteiger partial charge >= 0.3 is 0 Å². The molecule has 2 aromatic carbocycles. The average molecular weight is 255 g/mol. The van der Waals surface area contributed by atoms with Crippen molar-refractivity contribution in [2.75, 3.05) is 0 Å². The Labute approximate surface area is 115 Å². The summed E-state index contributed by atoms with van der Waals surface area (Å²) in [5, 5.41) is 0. The molecule has 0 amide bonds. The fourth-order valence-electron chi connectivity index (χ4n) is 2.02. The molecular weight excluding hydrogens is 234 g/mol. The lowest BCUT2D eigenvalue weighted by molar-refractivity contribution is 0.306. The standard InChI is InChI=1S/C17H21NO/c1-3-17(18)15-7-9-16(10-8-15)19-12-14-6-4-5-13(2)11-14/h4-11,17H,3,12,18H2,1-2H3/t17-/m0/s1. The molecule has 0 radical (unpaired) electrons. The van der Waals surface area contributed by atoms with E-state index in [1.54, 1.807) is 0 Å². The molecule has 0 aliphatic rings. The van der Waals surface area contributed by atoms with Crippen LogP contribution in [0.15, 0.2) is 48.5 Å². The molecule has 0 saturated heterocycles. The van der Waals surface area contributed by atoms with Crippen molar-refractivity contribution in [3.8, 4) is 5.75 Å². The van der Waals surface area contributed by atoms with E-state index in [0.29, 0.717) is 6.61 Å². The maximum absolute atomic E-state index is 5.99. The molecule has 0 spiro atoms. The van der Waals surface area contributed by atoms with Gasteiger partial charge in [0.2, 0.25) is 0 Å². The number of hydrogen-bond acceptors (Lipinski definition) is 2. The van der Waals surface area contributed by atoms with Crippen molar-refractivity contribution in [3.63, 3.8) is 0 Å². The maximum Gasteiger partial charge on any atom is 0.119 e. The molecule has 0 aromatic heterocycles. The summed E-state index contributed by atoms with van der Waals surface area (Å²) in [6, 6.07) is 16.5. The molecule has 2 aromatic rings. The summed E-state index contributed by atoms with van der Waals surface area (Å²) in [6.07, 6.45) is 0.948. The molecule has 2 heteroatoms. The smallest absolute Gasteiger partial charge is 0.119 e. The first-order valence-electron chi connectivity index (χ1n) is 6.73. The van der Waals surface area contributed by atoms with Crippen LogP contribution < -0.4 is 10.5 Å². The number of ether oxygens (including phenoxy) is 1. The van der Waals surface area contributed by atoms with Gasteiger partial charge in [-0.05, 0) is 36.6 Å². The minimum atomic E-state index is 0.117. The molecular formula is C17H21NO.